The largest absolute Gasteiger partial charge is 0.324 e. The van der Waals surface area contributed by atoms with Gasteiger partial charge in [-0.1, -0.05) is 35.3 Å². The number of carbonyl (C=O) groups excluding carboxylic acids is 2. The maximum Gasteiger partial charge on any atom is 0.228 e. The summed E-state index contributed by atoms with van der Waals surface area (Å²) in [4.78, 5) is 34.5. The second-order valence-electron chi connectivity index (χ2n) is 7.85. The van der Waals surface area contributed by atoms with Gasteiger partial charge in [0.2, 0.25) is 11.8 Å². The van der Waals surface area contributed by atoms with Crippen molar-refractivity contribution in [1.82, 2.24) is 9.97 Å². The number of carbonyl (C=O) groups is 2. The van der Waals surface area contributed by atoms with Gasteiger partial charge in [0.25, 0.3) is 0 Å². The highest BCUT2D eigenvalue weighted by Gasteiger charge is 2.27. The van der Waals surface area contributed by atoms with Gasteiger partial charge in [-0.3, -0.25) is 14.6 Å². The molecule has 1 aliphatic carbocycles. The van der Waals surface area contributed by atoms with E-state index in [2.05, 4.69) is 15.3 Å². The van der Waals surface area contributed by atoms with E-state index in [1.165, 1.54) is 0 Å². The maximum atomic E-state index is 12.3. The van der Waals surface area contributed by atoms with E-state index in [4.69, 9.17) is 23.2 Å². The molecule has 1 aromatic carbocycles. The van der Waals surface area contributed by atoms with Crippen molar-refractivity contribution in [3.05, 3.63) is 70.6 Å². The standard InChI is InChI=1S/C24H22Cl2N4O2/c1-15(31)30(14-16-4-5-16)22-9-6-17(11-20(22)25)21-8-7-19(13-28-21)29-23(32)12-18-3-2-10-27-24(18)26/h2-3,6-11,13,16H,4-5,12,14H2,1H3,(H,29,32). The lowest BCUT2D eigenvalue weighted by Crippen LogP contribution is -2.30. The van der Waals surface area contributed by atoms with Crippen molar-refractivity contribution in [1.29, 1.82) is 0 Å². The molecule has 0 atom stereocenters. The lowest BCUT2D eigenvalue weighted by atomic mass is 10.1. The zero-order valence-corrected chi connectivity index (χ0v) is 19.0. The Labute approximate surface area is 196 Å². The minimum atomic E-state index is -0.207. The third-order valence-electron chi connectivity index (χ3n) is 5.29. The van der Waals surface area contributed by atoms with Crippen LogP contribution in [-0.4, -0.2) is 28.3 Å². The molecule has 2 amide bonds. The summed E-state index contributed by atoms with van der Waals surface area (Å²) in [6, 6.07) is 12.7. The summed E-state index contributed by atoms with van der Waals surface area (Å²) in [5.74, 6) is 0.340. The molecule has 1 fully saturated rings. The second-order valence-corrected chi connectivity index (χ2v) is 8.61. The van der Waals surface area contributed by atoms with E-state index in [1.807, 2.05) is 24.3 Å². The van der Waals surface area contributed by atoms with Gasteiger partial charge in [-0.2, -0.15) is 0 Å². The fourth-order valence-electron chi connectivity index (χ4n) is 3.41. The fourth-order valence-corrected chi connectivity index (χ4v) is 3.88. The molecule has 0 spiro atoms. The van der Waals surface area contributed by atoms with Crippen LogP contribution in [0.4, 0.5) is 11.4 Å². The van der Waals surface area contributed by atoms with Crippen LogP contribution in [0.15, 0.2) is 54.9 Å². The Bertz CT molecular complexity index is 1150. The average Bonchev–Trinajstić information content (AvgIpc) is 3.59. The lowest BCUT2D eigenvalue weighted by molar-refractivity contribution is -0.117. The topological polar surface area (TPSA) is 75.2 Å². The number of hydrogen-bond acceptors (Lipinski definition) is 4. The first-order chi connectivity index (χ1) is 15.4. The van der Waals surface area contributed by atoms with Crippen molar-refractivity contribution in [2.45, 2.75) is 26.2 Å². The van der Waals surface area contributed by atoms with Crippen molar-refractivity contribution >= 4 is 46.4 Å². The van der Waals surface area contributed by atoms with Crippen LogP contribution in [0.25, 0.3) is 11.3 Å². The molecule has 0 aliphatic heterocycles. The van der Waals surface area contributed by atoms with Crippen molar-refractivity contribution < 1.29 is 9.59 Å². The summed E-state index contributed by atoms with van der Waals surface area (Å²) in [7, 11) is 0. The van der Waals surface area contributed by atoms with Gasteiger partial charge in [0.15, 0.2) is 0 Å². The normalized spacial score (nSPS) is 13.0. The first-order valence-corrected chi connectivity index (χ1v) is 11.1. The van der Waals surface area contributed by atoms with Crippen LogP contribution in [0.1, 0.15) is 25.3 Å². The molecule has 0 bridgehead atoms. The smallest absolute Gasteiger partial charge is 0.228 e. The quantitative estimate of drug-likeness (QED) is 0.471. The highest BCUT2D eigenvalue weighted by atomic mass is 35.5. The molecule has 0 saturated heterocycles. The predicted molar refractivity (Wildman–Crippen MR) is 127 cm³/mol. The molecule has 2 aromatic heterocycles. The first-order valence-electron chi connectivity index (χ1n) is 10.3. The molecule has 32 heavy (non-hydrogen) atoms. The fraction of sp³-hybridized carbons (Fsp3) is 0.250. The number of nitrogens with zero attached hydrogens (tertiary/aromatic N) is 3. The van der Waals surface area contributed by atoms with Crippen molar-refractivity contribution in [2.75, 3.05) is 16.8 Å². The number of amides is 2. The van der Waals surface area contributed by atoms with Crippen LogP contribution in [0.3, 0.4) is 0 Å². The van der Waals surface area contributed by atoms with E-state index in [1.54, 1.807) is 42.4 Å². The number of benzene rings is 1. The summed E-state index contributed by atoms with van der Waals surface area (Å²) in [6.45, 7) is 2.26. The van der Waals surface area contributed by atoms with Crippen LogP contribution in [0.5, 0.6) is 0 Å². The first kappa shape index (κ1) is 22.2. The van der Waals surface area contributed by atoms with Gasteiger partial charge in [0.05, 0.1) is 34.7 Å². The molecule has 6 nitrogen and oxygen atoms in total. The summed E-state index contributed by atoms with van der Waals surface area (Å²) in [6.07, 6.45) is 5.60. The number of hydrogen-bond donors (Lipinski definition) is 1. The molecule has 0 unspecified atom stereocenters. The minimum Gasteiger partial charge on any atom is -0.324 e. The van der Waals surface area contributed by atoms with Crippen molar-refractivity contribution in [2.24, 2.45) is 5.92 Å². The number of anilines is 2. The summed E-state index contributed by atoms with van der Waals surface area (Å²) < 4.78 is 0. The molecule has 1 aliphatic rings. The van der Waals surface area contributed by atoms with Crippen molar-refractivity contribution in [3.8, 4) is 11.3 Å². The molecular weight excluding hydrogens is 447 g/mol. The van der Waals surface area contributed by atoms with Gasteiger partial charge in [0.1, 0.15) is 5.15 Å². The van der Waals surface area contributed by atoms with Crippen LogP contribution in [-0.2, 0) is 16.0 Å². The monoisotopic (exact) mass is 468 g/mol. The van der Waals surface area contributed by atoms with Crippen LogP contribution in [0.2, 0.25) is 10.2 Å². The van der Waals surface area contributed by atoms with E-state index in [-0.39, 0.29) is 18.2 Å². The number of halogens is 2. The number of nitrogens with one attached hydrogen (secondary N) is 1. The highest BCUT2D eigenvalue weighted by molar-refractivity contribution is 6.34. The van der Waals surface area contributed by atoms with Crippen LogP contribution in [0, 0.1) is 5.92 Å². The Morgan fingerprint density at radius 3 is 2.56 bits per heavy atom. The molecular formula is C24H22Cl2N4O2. The Balaban J connectivity index is 1.44. The number of rotatable bonds is 7. The zero-order valence-electron chi connectivity index (χ0n) is 17.5. The summed E-state index contributed by atoms with van der Waals surface area (Å²) in [5.41, 5.74) is 3.49. The SMILES string of the molecule is CC(=O)N(CC1CC1)c1ccc(-c2ccc(NC(=O)Cc3cccnc3Cl)cn2)cc1Cl. The molecule has 4 rings (SSSR count). The summed E-state index contributed by atoms with van der Waals surface area (Å²) in [5, 5.41) is 3.63. The van der Waals surface area contributed by atoms with Crippen LogP contribution >= 0.6 is 23.2 Å². The second kappa shape index (κ2) is 9.67. The Kier molecular flexibility index (Phi) is 6.72. The zero-order chi connectivity index (χ0) is 22.7. The van der Waals surface area contributed by atoms with Gasteiger partial charge in [0, 0.05) is 25.2 Å². The molecule has 164 valence electrons. The van der Waals surface area contributed by atoms with Crippen molar-refractivity contribution in [3.63, 3.8) is 0 Å². The van der Waals surface area contributed by atoms with E-state index < -0.39 is 0 Å². The maximum absolute atomic E-state index is 12.3. The van der Waals surface area contributed by atoms with Crippen LogP contribution < -0.4 is 10.2 Å². The van der Waals surface area contributed by atoms with Gasteiger partial charge in [-0.25, -0.2) is 4.98 Å². The van der Waals surface area contributed by atoms with Gasteiger partial charge in [-0.15, -0.1) is 0 Å². The molecule has 1 saturated carbocycles. The third-order valence-corrected chi connectivity index (χ3v) is 5.93. The molecule has 0 radical (unpaired) electrons. The Morgan fingerprint density at radius 1 is 1.12 bits per heavy atom. The third kappa shape index (κ3) is 5.44. The minimum absolute atomic E-state index is 0.0164. The molecule has 3 aromatic rings. The van der Waals surface area contributed by atoms with Gasteiger partial charge in [-0.05, 0) is 54.7 Å². The highest BCUT2D eigenvalue weighted by Crippen LogP contribution is 2.35. The lowest BCUT2D eigenvalue weighted by Gasteiger charge is -2.22. The number of aromatic nitrogens is 2. The Morgan fingerprint density at radius 2 is 1.94 bits per heavy atom. The van der Waals surface area contributed by atoms with E-state index >= 15 is 0 Å². The molecule has 8 heteroatoms. The molecule has 2 heterocycles. The van der Waals surface area contributed by atoms with E-state index in [0.717, 1.165) is 18.4 Å². The number of pyridine rings is 2. The molecule has 1 N–H and O–H groups in total. The average molecular weight is 469 g/mol. The van der Waals surface area contributed by atoms with E-state index in [9.17, 15) is 9.59 Å². The Hall–Kier alpha value is -2.96. The predicted octanol–water partition coefficient (Wildman–Crippen LogP) is 5.39. The van der Waals surface area contributed by atoms with E-state index in [0.29, 0.717) is 45.3 Å². The summed E-state index contributed by atoms with van der Waals surface area (Å²) >= 11 is 12.5. The van der Waals surface area contributed by atoms with Gasteiger partial charge < -0.3 is 10.2 Å². The van der Waals surface area contributed by atoms with Gasteiger partial charge >= 0.3 is 0 Å².